The van der Waals surface area contributed by atoms with Gasteiger partial charge in [-0.3, -0.25) is 9.78 Å². The van der Waals surface area contributed by atoms with Gasteiger partial charge in [0.25, 0.3) is 0 Å². The van der Waals surface area contributed by atoms with E-state index >= 15 is 0 Å². The molecule has 0 aliphatic carbocycles. The minimum absolute atomic E-state index is 0.106. The number of nitriles is 1. The highest BCUT2D eigenvalue weighted by atomic mass is 35.5. The van der Waals surface area contributed by atoms with Crippen LogP contribution in [0.25, 0.3) is 0 Å². The van der Waals surface area contributed by atoms with Gasteiger partial charge < -0.3 is 14.7 Å². The summed E-state index contributed by atoms with van der Waals surface area (Å²) >= 11 is 6.06. The summed E-state index contributed by atoms with van der Waals surface area (Å²) in [5, 5.41) is 19.8. The molecule has 1 saturated heterocycles. The highest BCUT2D eigenvalue weighted by Gasteiger charge is 2.26. The Kier molecular flexibility index (Phi) is 6.40. The number of carbonyl (C=O) groups excluding carboxylic acids is 1. The summed E-state index contributed by atoms with van der Waals surface area (Å²) < 4.78 is 5.21. The van der Waals surface area contributed by atoms with Gasteiger partial charge in [0, 0.05) is 30.4 Å². The SMILES string of the molecule is N#Cc1ccc(CC(=O)N(CC2COC2)C[C@@H](O)c2cccnc2)cc1Cl. The second-order valence-electron chi connectivity index (χ2n) is 6.61. The summed E-state index contributed by atoms with van der Waals surface area (Å²) in [6.45, 7) is 1.95. The van der Waals surface area contributed by atoms with Crippen LogP contribution in [0.4, 0.5) is 0 Å². The van der Waals surface area contributed by atoms with E-state index in [-0.39, 0.29) is 24.8 Å². The Morgan fingerprint density at radius 3 is 2.85 bits per heavy atom. The minimum atomic E-state index is -0.812. The van der Waals surface area contributed by atoms with Crippen LogP contribution in [0, 0.1) is 17.2 Å². The van der Waals surface area contributed by atoms with E-state index in [0.29, 0.717) is 35.9 Å². The van der Waals surface area contributed by atoms with Crippen molar-refractivity contribution in [2.45, 2.75) is 12.5 Å². The second-order valence-corrected chi connectivity index (χ2v) is 7.01. The summed E-state index contributed by atoms with van der Waals surface area (Å²) in [5.41, 5.74) is 1.78. The van der Waals surface area contributed by atoms with Crippen LogP contribution in [0.5, 0.6) is 0 Å². The predicted molar refractivity (Wildman–Crippen MR) is 100.0 cm³/mol. The molecule has 1 amide bonds. The summed E-state index contributed by atoms with van der Waals surface area (Å²) in [6, 6.07) is 10.5. The molecule has 0 spiro atoms. The third-order valence-electron chi connectivity index (χ3n) is 4.51. The Morgan fingerprint density at radius 1 is 1.44 bits per heavy atom. The van der Waals surface area contributed by atoms with Crippen LogP contribution in [0.3, 0.4) is 0 Å². The van der Waals surface area contributed by atoms with Crippen molar-refractivity contribution in [3.63, 3.8) is 0 Å². The van der Waals surface area contributed by atoms with Crippen LogP contribution >= 0.6 is 11.6 Å². The quantitative estimate of drug-likeness (QED) is 0.790. The topological polar surface area (TPSA) is 86.5 Å². The van der Waals surface area contributed by atoms with Gasteiger partial charge in [0.05, 0.1) is 42.9 Å². The van der Waals surface area contributed by atoms with Crippen molar-refractivity contribution in [1.82, 2.24) is 9.88 Å². The number of hydrogen-bond donors (Lipinski definition) is 1. The number of aromatic nitrogens is 1. The molecule has 1 fully saturated rings. The normalized spacial score (nSPS) is 14.9. The molecule has 1 aromatic carbocycles. The molecule has 1 atom stereocenters. The van der Waals surface area contributed by atoms with Crippen molar-refractivity contribution in [2.75, 3.05) is 26.3 Å². The van der Waals surface area contributed by atoms with Crippen molar-refractivity contribution in [3.05, 3.63) is 64.4 Å². The molecule has 140 valence electrons. The van der Waals surface area contributed by atoms with E-state index in [9.17, 15) is 9.90 Å². The third kappa shape index (κ3) is 5.04. The molecule has 1 aliphatic rings. The smallest absolute Gasteiger partial charge is 0.227 e. The molecule has 1 N–H and O–H groups in total. The monoisotopic (exact) mass is 385 g/mol. The Hall–Kier alpha value is -2.46. The van der Waals surface area contributed by atoms with Crippen molar-refractivity contribution in [2.24, 2.45) is 5.92 Å². The predicted octanol–water partition coefficient (Wildman–Crippen LogP) is 2.36. The summed E-state index contributed by atoms with van der Waals surface area (Å²) in [5.74, 6) is 0.171. The first kappa shape index (κ1) is 19.3. The number of aliphatic hydroxyl groups is 1. The number of halogens is 1. The van der Waals surface area contributed by atoms with Crippen LogP contribution in [-0.4, -0.2) is 47.2 Å². The van der Waals surface area contributed by atoms with Crippen LogP contribution in [0.1, 0.15) is 22.8 Å². The van der Waals surface area contributed by atoms with Gasteiger partial charge in [-0.2, -0.15) is 5.26 Å². The minimum Gasteiger partial charge on any atom is -0.386 e. The van der Waals surface area contributed by atoms with Gasteiger partial charge in [-0.25, -0.2) is 0 Å². The lowest BCUT2D eigenvalue weighted by atomic mass is 10.0. The van der Waals surface area contributed by atoms with Gasteiger partial charge in [0.2, 0.25) is 5.91 Å². The zero-order chi connectivity index (χ0) is 19.2. The van der Waals surface area contributed by atoms with E-state index in [1.165, 1.54) is 0 Å². The van der Waals surface area contributed by atoms with E-state index < -0.39 is 6.10 Å². The standard InChI is InChI=1S/C20H20ClN3O3/c21-18-6-14(3-4-16(18)8-22)7-20(26)24(10-15-12-27-13-15)11-19(25)17-2-1-5-23-9-17/h1-6,9,15,19,25H,7,10-13H2/t19-/m1/s1. The first-order valence-corrected chi connectivity index (χ1v) is 9.06. The summed E-state index contributed by atoms with van der Waals surface area (Å²) in [7, 11) is 0. The fraction of sp³-hybridized carbons (Fsp3) is 0.350. The maximum Gasteiger partial charge on any atom is 0.227 e. The lowest BCUT2D eigenvalue weighted by Gasteiger charge is -2.33. The van der Waals surface area contributed by atoms with Gasteiger partial charge in [0.15, 0.2) is 0 Å². The van der Waals surface area contributed by atoms with E-state index in [0.717, 1.165) is 5.56 Å². The van der Waals surface area contributed by atoms with Crippen molar-refractivity contribution >= 4 is 17.5 Å². The van der Waals surface area contributed by atoms with E-state index in [1.807, 2.05) is 6.07 Å². The van der Waals surface area contributed by atoms with E-state index in [4.69, 9.17) is 21.6 Å². The average molecular weight is 386 g/mol. The molecule has 1 aromatic heterocycles. The molecular weight excluding hydrogens is 366 g/mol. The Bertz CT molecular complexity index is 834. The fourth-order valence-electron chi connectivity index (χ4n) is 2.91. The number of carbonyl (C=O) groups is 1. The fourth-order valence-corrected chi connectivity index (χ4v) is 3.16. The van der Waals surface area contributed by atoms with Crippen LogP contribution in [0.15, 0.2) is 42.7 Å². The molecule has 27 heavy (non-hydrogen) atoms. The van der Waals surface area contributed by atoms with Gasteiger partial charge in [-0.1, -0.05) is 23.7 Å². The number of nitrogens with zero attached hydrogens (tertiary/aromatic N) is 3. The highest BCUT2D eigenvalue weighted by molar-refractivity contribution is 6.31. The molecule has 7 heteroatoms. The number of benzene rings is 1. The van der Waals surface area contributed by atoms with E-state index in [1.54, 1.807) is 47.6 Å². The van der Waals surface area contributed by atoms with Crippen molar-refractivity contribution in [3.8, 4) is 6.07 Å². The third-order valence-corrected chi connectivity index (χ3v) is 4.82. The zero-order valence-corrected chi connectivity index (χ0v) is 15.5. The summed E-state index contributed by atoms with van der Waals surface area (Å²) in [4.78, 5) is 18.6. The molecule has 2 aromatic rings. The zero-order valence-electron chi connectivity index (χ0n) is 14.7. The van der Waals surface area contributed by atoms with Crippen molar-refractivity contribution in [1.29, 1.82) is 5.26 Å². The number of amides is 1. The lowest BCUT2D eigenvalue weighted by molar-refractivity contribution is -0.135. The highest BCUT2D eigenvalue weighted by Crippen LogP contribution is 2.20. The number of ether oxygens (including phenoxy) is 1. The second kappa shape index (κ2) is 8.96. The first-order valence-electron chi connectivity index (χ1n) is 8.69. The summed E-state index contributed by atoms with van der Waals surface area (Å²) in [6.07, 6.45) is 2.58. The molecular formula is C20H20ClN3O3. The maximum atomic E-state index is 12.9. The maximum absolute atomic E-state index is 12.9. The lowest BCUT2D eigenvalue weighted by Crippen LogP contribution is -2.44. The largest absolute Gasteiger partial charge is 0.386 e. The first-order chi connectivity index (χ1) is 13.1. The number of hydrogen-bond acceptors (Lipinski definition) is 5. The van der Waals surface area contributed by atoms with Crippen LogP contribution < -0.4 is 0 Å². The molecule has 2 heterocycles. The number of pyridine rings is 1. The van der Waals surface area contributed by atoms with Gasteiger partial charge in [-0.15, -0.1) is 0 Å². The Morgan fingerprint density at radius 2 is 2.26 bits per heavy atom. The van der Waals surface area contributed by atoms with Gasteiger partial charge in [0.1, 0.15) is 6.07 Å². The average Bonchev–Trinajstić information content (AvgIpc) is 2.64. The molecule has 0 saturated carbocycles. The molecule has 0 radical (unpaired) electrons. The molecule has 6 nitrogen and oxygen atoms in total. The van der Waals surface area contributed by atoms with Crippen molar-refractivity contribution < 1.29 is 14.6 Å². The Balaban J connectivity index is 1.70. The molecule has 1 aliphatic heterocycles. The van der Waals surface area contributed by atoms with Crippen LogP contribution in [-0.2, 0) is 16.0 Å². The van der Waals surface area contributed by atoms with Gasteiger partial charge in [-0.05, 0) is 23.8 Å². The van der Waals surface area contributed by atoms with E-state index in [2.05, 4.69) is 4.98 Å². The number of aliphatic hydroxyl groups excluding tert-OH is 1. The molecule has 3 rings (SSSR count). The Labute approximate surface area is 163 Å². The van der Waals surface area contributed by atoms with Crippen LogP contribution in [0.2, 0.25) is 5.02 Å². The number of rotatable bonds is 7. The molecule has 0 bridgehead atoms. The van der Waals surface area contributed by atoms with Gasteiger partial charge >= 0.3 is 0 Å². The molecule has 0 unspecified atom stereocenters.